The Morgan fingerprint density at radius 1 is 0.976 bits per heavy atom. The molecule has 3 heterocycles. The first kappa shape index (κ1) is 28.5. The number of piperazine rings is 1. The van der Waals surface area contributed by atoms with Gasteiger partial charge in [-0.15, -0.1) is 0 Å². The number of Topliss-reactive ketones (excluding diaryl/α,β-unsaturated/α-hetero) is 1. The minimum atomic E-state index is -4.46. The molecule has 4 aromatic rings. The van der Waals surface area contributed by atoms with Crippen LogP contribution in [0.1, 0.15) is 49.1 Å². The van der Waals surface area contributed by atoms with Crippen molar-refractivity contribution in [3.8, 4) is 0 Å². The average Bonchev–Trinajstić information content (AvgIpc) is 3.43. The van der Waals surface area contributed by atoms with Crippen molar-refractivity contribution in [2.24, 2.45) is 0 Å². The number of ketones is 1. The first-order valence-corrected chi connectivity index (χ1v) is 13.1. The van der Waals surface area contributed by atoms with Gasteiger partial charge in [-0.1, -0.05) is 30.3 Å². The molecule has 5 rings (SSSR count). The van der Waals surface area contributed by atoms with Crippen molar-refractivity contribution in [1.82, 2.24) is 25.1 Å². The Bertz CT molecular complexity index is 1650. The van der Waals surface area contributed by atoms with Gasteiger partial charge < -0.3 is 20.1 Å². The fourth-order valence-electron chi connectivity index (χ4n) is 4.93. The lowest BCUT2D eigenvalue weighted by atomic mass is 10.1. The second-order valence-electron chi connectivity index (χ2n) is 9.96. The second-order valence-corrected chi connectivity index (χ2v) is 9.96. The van der Waals surface area contributed by atoms with E-state index in [2.05, 4.69) is 15.3 Å². The molecule has 12 heteroatoms. The molecule has 0 saturated carbocycles. The van der Waals surface area contributed by atoms with E-state index in [0.717, 1.165) is 12.1 Å². The fourth-order valence-corrected chi connectivity index (χ4v) is 4.93. The molecule has 1 fully saturated rings. The summed E-state index contributed by atoms with van der Waals surface area (Å²) in [5.74, 6) is -2.23. The molecular formula is C30H26F3N5O4. The number of hydrogen-bond acceptors (Lipinski definition) is 5. The number of nitrogens with zero attached hydrogens (tertiary/aromatic N) is 3. The summed E-state index contributed by atoms with van der Waals surface area (Å²) >= 11 is 0. The maximum absolute atomic E-state index is 13.3. The Labute approximate surface area is 238 Å². The van der Waals surface area contributed by atoms with E-state index in [9.17, 15) is 32.3 Å². The maximum Gasteiger partial charge on any atom is 0.416 e. The zero-order valence-electron chi connectivity index (χ0n) is 22.4. The monoisotopic (exact) mass is 577 g/mol. The number of aromatic amines is 1. The number of benzene rings is 2. The van der Waals surface area contributed by atoms with Gasteiger partial charge in [-0.25, -0.2) is 0 Å². The molecular weight excluding hydrogens is 551 g/mol. The van der Waals surface area contributed by atoms with Crippen LogP contribution >= 0.6 is 0 Å². The van der Waals surface area contributed by atoms with E-state index >= 15 is 0 Å². The molecule has 1 aliphatic rings. The minimum absolute atomic E-state index is 0.00220. The fraction of sp³-hybridized carbons (Fsp3) is 0.233. The lowest BCUT2D eigenvalue weighted by molar-refractivity contribution is -0.137. The highest BCUT2D eigenvalue weighted by molar-refractivity contribution is 6.44. The van der Waals surface area contributed by atoms with Crippen LogP contribution in [0.4, 0.5) is 13.2 Å². The highest BCUT2D eigenvalue weighted by atomic mass is 19.4. The number of hydrogen-bond donors (Lipinski definition) is 2. The highest BCUT2D eigenvalue weighted by Crippen LogP contribution is 2.29. The van der Waals surface area contributed by atoms with E-state index in [0.29, 0.717) is 11.1 Å². The molecule has 2 N–H and O–H groups in total. The Balaban J connectivity index is 1.26. The third-order valence-corrected chi connectivity index (χ3v) is 7.18. The molecule has 0 bridgehead atoms. The Morgan fingerprint density at radius 2 is 1.69 bits per heavy atom. The normalized spacial score (nSPS) is 15.5. The van der Waals surface area contributed by atoms with Crippen LogP contribution in [-0.4, -0.2) is 68.9 Å². The lowest BCUT2D eigenvalue weighted by Crippen LogP contribution is -2.56. The van der Waals surface area contributed by atoms with Gasteiger partial charge in [-0.3, -0.25) is 24.2 Å². The summed E-state index contributed by atoms with van der Waals surface area (Å²) in [6.45, 7) is 2.46. The van der Waals surface area contributed by atoms with Gasteiger partial charge in [0, 0.05) is 50.2 Å². The number of halogens is 3. The Hall–Kier alpha value is -5.00. The molecule has 0 radical (unpaired) electrons. The van der Waals surface area contributed by atoms with Crippen LogP contribution < -0.4 is 5.32 Å². The molecule has 0 spiro atoms. The van der Waals surface area contributed by atoms with Gasteiger partial charge in [0.15, 0.2) is 0 Å². The quantitative estimate of drug-likeness (QED) is 0.265. The zero-order chi connectivity index (χ0) is 30.0. The topological polar surface area (TPSA) is 115 Å². The third kappa shape index (κ3) is 5.73. The molecule has 3 amide bonds. The van der Waals surface area contributed by atoms with Crippen molar-refractivity contribution < 1.29 is 32.3 Å². The molecule has 42 heavy (non-hydrogen) atoms. The van der Waals surface area contributed by atoms with Gasteiger partial charge in [0.05, 0.1) is 22.2 Å². The van der Waals surface area contributed by atoms with Crippen LogP contribution in [0.15, 0.2) is 73.1 Å². The molecule has 2 aromatic carbocycles. The van der Waals surface area contributed by atoms with Crippen LogP contribution in [-0.2, 0) is 17.5 Å². The van der Waals surface area contributed by atoms with Crippen molar-refractivity contribution in [2.75, 3.05) is 19.6 Å². The highest BCUT2D eigenvalue weighted by Gasteiger charge is 2.35. The summed E-state index contributed by atoms with van der Waals surface area (Å²) in [5.41, 5.74) is 0.760. The number of carbonyl (C=O) groups excluding carboxylic acids is 4. The van der Waals surface area contributed by atoms with E-state index < -0.39 is 35.4 Å². The Kier molecular flexibility index (Phi) is 7.79. The largest absolute Gasteiger partial charge is 0.416 e. The standard InChI is InChI=1S/C30H26F3N5O4/c1-18-17-37(28(41)20-5-3-2-4-6-20)13-14-38(18)29(42)26(39)23-16-35-24-22(11-12-34-25(23)24)27(40)36-15-19-7-9-21(10-8-19)30(31,32)33/h2-12,16,18,35H,13-15,17H2,1H3,(H,36,40)/t18-/m0/s1. The molecule has 0 unspecified atom stereocenters. The van der Waals surface area contributed by atoms with Gasteiger partial charge in [0.2, 0.25) is 0 Å². The van der Waals surface area contributed by atoms with Crippen LogP contribution in [0, 0.1) is 0 Å². The van der Waals surface area contributed by atoms with Crippen molar-refractivity contribution in [2.45, 2.75) is 25.7 Å². The predicted octanol–water partition coefficient (Wildman–Crippen LogP) is 4.07. The summed E-state index contributed by atoms with van der Waals surface area (Å²) in [6, 6.07) is 14.3. The molecule has 1 aliphatic heterocycles. The lowest BCUT2D eigenvalue weighted by Gasteiger charge is -2.39. The number of carbonyl (C=O) groups is 4. The SMILES string of the molecule is C[C@H]1CN(C(=O)c2ccccc2)CCN1C(=O)C(=O)c1c[nH]c2c(C(=O)NCc3ccc(C(F)(F)F)cc3)ccnc12. The predicted molar refractivity (Wildman–Crippen MR) is 147 cm³/mol. The van der Waals surface area contributed by atoms with Crippen LogP contribution in [0.3, 0.4) is 0 Å². The molecule has 2 aromatic heterocycles. The van der Waals surface area contributed by atoms with Crippen LogP contribution in [0.25, 0.3) is 11.0 Å². The molecule has 1 atom stereocenters. The Morgan fingerprint density at radius 3 is 2.36 bits per heavy atom. The van der Waals surface area contributed by atoms with E-state index in [4.69, 9.17) is 0 Å². The summed E-state index contributed by atoms with van der Waals surface area (Å²) in [7, 11) is 0. The number of nitrogens with one attached hydrogen (secondary N) is 2. The van der Waals surface area contributed by atoms with Crippen molar-refractivity contribution in [1.29, 1.82) is 0 Å². The number of amides is 3. The number of aromatic nitrogens is 2. The summed E-state index contributed by atoms with van der Waals surface area (Å²) < 4.78 is 38.4. The average molecular weight is 578 g/mol. The van der Waals surface area contributed by atoms with E-state index in [1.54, 1.807) is 36.1 Å². The third-order valence-electron chi connectivity index (χ3n) is 7.18. The number of alkyl halides is 3. The summed E-state index contributed by atoms with van der Waals surface area (Å²) in [5, 5.41) is 2.65. The number of pyridine rings is 1. The van der Waals surface area contributed by atoms with E-state index in [1.165, 1.54) is 35.5 Å². The first-order chi connectivity index (χ1) is 20.0. The van der Waals surface area contributed by atoms with Crippen LogP contribution in [0.5, 0.6) is 0 Å². The van der Waals surface area contributed by atoms with Crippen molar-refractivity contribution in [3.63, 3.8) is 0 Å². The maximum atomic E-state index is 13.3. The first-order valence-electron chi connectivity index (χ1n) is 13.1. The van der Waals surface area contributed by atoms with E-state index in [-0.39, 0.29) is 54.2 Å². The smallest absolute Gasteiger partial charge is 0.358 e. The van der Waals surface area contributed by atoms with Crippen LogP contribution in [0.2, 0.25) is 0 Å². The number of fused-ring (bicyclic) bond motifs is 1. The van der Waals surface area contributed by atoms with E-state index in [1.807, 2.05) is 6.07 Å². The van der Waals surface area contributed by atoms with Crippen molar-refractivity contribution >= 4 is 34.5 Å². The molecule has 1 saturated heterocycles. The zero-order valence-corrected chi connectivity index (χ0v) is 22.4. The number of H-pyrrole nitrogens is 1. The van der Waals surface area contributed by atoms with Gasteiger partial charge in [0.25, 0.3) is 23.5 Å². The molecule has 9 nitrogen and oxygen atoms in total. The van der Waals surface area contributed by atoms with Gasteiger partial charge in [-0.05, 0) is 42.8 Å². The van der Waals surface area contributed by atoms with Gasteiger partial charge in [0.1, 0.15) is 5.52 Å². The van der Waals surface area contributed by atoms with Crippen molar-refractivity contribution in [3.05, 3.63) is 101 Å². The minimum Gasteiger partial charge on any atom is -0.358 e. The van der Waals surface area contributed by atoms with Gasteiger partial charge in [-0.2, -0.15) is 13.2 Å². The summed E-state index contributed by atoms with van der Waals surface area (Å²) in [6.07, 6.45) is -1.80. The van der Waals surface area contributed by atoms with Gasteiger partial charge >= 0.3 is 6.18 Å². The molecule has 0 aliphatic carbocycles. The molecule has 216 valence electrons. The summed E-state index contributed by atoms with van der Waals surface area (Å²) in [4.78, 5) is 62.4. The number of rotatable bonds is 6. The second kappa shape index (κ2) is 11.5.